The fraction of sp³-hybridized carbons (Fsp3) is 0.571. The van der Waals surface area contributed by atoms with Gasteiger partial charge in [-0.3, -0.25) is 0 Å². The molecule has 1 aromatic heterocycles. The first-order chi connectivity index (χ1) is 9.49. The van der Waals surface area contributed by atoms with E-state index in [9.17, 15) is 14.7 Å². The van der Waals surface area contributed by atoms with Gasteiger partial charge in [-0.2, -0.15) is 0 Å². The molecule has 0 saturated carbocycles. The number of nitrogens with zero attached hydrogens (tertiary/aromatic N) is 2. The van der Waals surface area contributed by atoms with E-state index < -0.39 is 11.5 Å². The molecule has 0 spiro atoms. The molecule has 1 aliphatic rings. The van der Waals surface area contributed by atoms with Crippen molar-refractivity contribution in [3.8, 4) is 0 Å². The fourth-order valence-corrected chi connectivity index (χ4v) is 3.29. The Kier molecular flexibility index (Phi) is 4.32. The molecule has 0 bridgehead atoms. The van der Waals surface area contributed by atoms with Gasteiger partial charge in [-0.05, 0) is 38.1 Å². The second kappa shape index (κ2) is 5.83. The van der Waals surface area contributed by atoms with Crippen molar-refractivity contribution in [3.05, 3.63) is 22.4 Å². The van der Waals surface area contributed by atoms with E-state index in [-0.39, 0.29) is 6.03 Å². The molecular weight excluding hydrogens is 276 g/mol. The number of rotatable bonds is 4. The van der Waals surface area contributed by atoms with Gasteiger partial charge in [-0.25, -0.2) is 9.59 Å². The Hall–Kier alpha value is -1.56. The number of aliphatic carboxylic acids is 1. The molecule has 2 rings (SSSR count). The van der Waals surface area contributed by atoms with Gasteiger partial charge in [-0.1, -0.05) is 6.07 Å². The summed E-state index contributed by atoms with van der Waals surface area (Å²) in [5.74, 6) is -0.921. The minimum Gasteiger partial charge on any atom is -0.480 e. The highest BCUT2D eigenvalue weighted by Gasteiger charge is 2.46. The van der Waals surface area contributed by atoms with E-state index in [0.717, 1.165) is 11.3 Å². The molecule has 1 unspecified atom stereocenters. The summed E-state index contributed by atoms with van der Waals surface area (Å²) in [6, 6.07) is 3.76. The average molecular weight is 296 g/mol. The number of carboxylic acid groups (broad SMARTS) is 1. The first-order valence-corrected chi connectivity index (χ1v) is 7.69. The van der Waals surface area contributed by atoms with E-state index >= 15 is 0 Å². The van der Waals surface area contributed by atoms with Crippen molar-refractivity contribution < 1.29 is 14.7 Å². The van der Waals surface area contributed by atoms with Gasteiger partial charge in [0.1, 0.15) is 5.54 Å². The summed E-state index contributed by atoms with van der Waals surface area (Å²) < 4.78 is 0. The molecule has 1 N–H and O–H groups in total. The first kappa shape index (κ1) is 14.8. The molecule has 1 aromatic rings. The molecule has 2 amide bonds. The van der Waals surface area contributed by atoms with Crippen LogP contribution in [-0.4, -0.2) is 45.5 Å². The van der Waals surface area contributed by atoms with Crippen molar-refractivity contribution in [2.24, 2.45) is 0 Å². The molecule has 6 heteroatoms. The predicted octanol–water partition coefficient (Wildman–Crippen LogP) is 2.63. The molecule has 1 aliphatic heterocycles. The largest absolute Gasteiger partial charge is 0.480 e. The number of hydrogen-bond donors (Lipinski definition) is 1. The van der Waals surface area contributed by atoms with E-state index in [2.05, 4.69) is 0 Å². The van der Waals surface area contributed by atoms with Gasteiger partial charge in [0.05, 0.1) is 6.54 Å². The molecule has 1 saturated heterocycles. The van der Waals surface area contributed by atoms with Crippen LogP contribution >= 0.6 is 11.3 Å². The van der Waals surface area contributed by atoms with Gasteiger partial charge in [0, 0.05) is 18.0 Å². The Morgan fingerprint density at radius 2 is 2.30 bits per heavy atom. The molecule has 2 heterocycles. The number of carboxylic acids is 1. The zero-order valence-corrected chi connectivity index (χ0v) is 12.7. The Labute approximate surface area is 122 Å². The van der Waals surface area contributed by atoms with Crippen molar-refractivity contribution in [1.29, 1.82) is 0 Å². The Balaban J connectivity index is 2.14. The van der Waals surface area contributed by atoms with Crippen LogP contribution in [0, 0.1) is 0 Å². The van der Waals surface area contributed by atoms with Gasteiger partial charge in [0.2, 0.25) is 0 Å². The molecule has 0 radical (unpaired) electrons. The number of hydrogen-bond acceptors (Lipinski definition) is 3. The van der Waals surface area contributed by atoms with E-state index in [0.29, 0.717) is 26.1 Å². The highest BCUT2D eigenvalue weighted by atomic mass is 32.1. The van der Waals surface area contributed by atoms with Crippen LogP contribution in [0.5, 0.6) is 0 Å². The van der Waals surface area contributed by atoms with Crippen LogP contribution in [0.1, 0.15) is 31.6 Å². The zero-order chi connectivity index (χ0) is 14.8. The highest BCUT2D eigenvalue weighted by Crippen LogP contribution is 2.30. The SMILES string of the molecule is CCN(Cc1cccs1)C(=O)N1CCCC1(C)C(=O)O. The summed E-state index contributed by atoms with van der Waals surface area (Å²) in [4.78, 5) is 28.4. The summed E-state index contributed by atoms with van der Waals surface area (Å²) in [7, 11) is 0. The van der Waals surface area contributed by atoms with Crippen LogP contribution in [0.4, 0.5) is 4.79 Å². The van der Waals surface area contributed by atoms with Crippen molar-refractivity contribution in [1.82, 2.24) is 9.80 Å². The van der Waals surface area contributed by atoms with Gasteiger partial charge in [0.25, 0.3) is 0 Å². The monoisotopic (exact) mass is 296 g/mol. The molecule has 1 fully saturated rings. The highest BCUT2D eigenvalue weighted by molar-refractivity contribution is 7.09. The number of thiophene rings is 1. The molecule has 0 aromatic carbocycles. The number of carbonyl (C=O) groups is 2. The zero-order valence-electron chi connectivity index (χ0n) is 11.8. The molecule has 1 atom stereocenters. The molecule has 20 heavy (non-hydrogen) atoms. The fourth-order valence-electron chi connectivity index (χ4n) is 2.57. The lowest BCUT2D eigenvalue weighted by molar-refractivity contribution is -0.147. The van der Waals surface area contributed by atoms with Crippen LogP contribution in [0.25, 0.3) is 0 Å². The maximum Gasteiger partial charge on any atom is 0.329 e. The second-order valence-electron chi connectivity index (χ2n) is 5.21. The predicted molar refractivity (Wildman–Crippen MR) is 77.8 cm³/mol. The quantitative estimate of drug-likeness (QED) is 0.929. The maximum absolute atomic E-state index is 12.6. The van der Waals surface area contributed by atoms with E-state index in [1.54, 1.807) is 23.2 Å². The Morgan fingerprint density at radius 3 is 2.85 bits per heavy atom. The normalized spacial score (nSPS) is 22.0. The van der Waals surface area contributed by atoms with Crippen LogP contribution in [-0.2, 0) is 11.3 Å². The number of amides is 2. The lowest BCUT2D eigenvalue weighted by Gasteiger charge is -2.35. The van der Waals surface area contributed by atoms with Crippen LogP contribution in [0.2, 0.25) is 0 Å². The van der Waals surface area contributed by atoms with Crippen LogP contribution in [0.3, 0.4) is 0 Å². The van der Waals surface area contributed by atoms with Crippen LogP contribution < -0.4 is 0 Å². The molecule has 5 nitrogen and oxygen atoms in total. The van der Waals surface area contributed by atoms with Crippen molar-refractivity contribution in [2.75, 3.05) is 13.1 Å². The summed E-state index contributed by atoms with van der Waals surface area (Å²) in [6.45, 7) is 5.18. The van der Waals surface area contributed by atoms with Crippen LogP contribution in [0.15, 0.2) is 17.5 Å². The van der Waals surface area contributed by atoms with Gasteiger partial charge < -0.3 is 14.9 Å². The minimum absolute atomic E-state index is 0.177. The molecule has 110 valence electrons. The molecule has 0 aliphatic carbocycles. The topological polar surface area (TPSA) is 60.9 Å². The smallest absolute Gasteiger partial charge is 0.329 e. The molecular formula is C14H20N2O3S. The standard InChI is InChI=1S/C14H20N2O3S/c1-3-15(10-11-6-4-9-20-11)13(19)16-8-5-7-14(16,2)12(17)18/h4,6,9H,3,5,7-8,10H2,1-2H3,(H,17,18). The summed E-state index contributed by atoms with van der Waals surface area (Å²) in [6.07, 6.45) is 1.26. The first-order valence-electron chi connectivity index (χ1n) is 6.81. The summed E-state index contributed by atoms with van der Waals surface area (Å²) >= 11 is 1.60. The average Bonchev–Trinajstić information content (AvgIpc) is 3.05. The minimum atomic E-state index is -1.07. The summed E-state index contributed by atoms with van der Waals surface area (Å²) in [5.41, 5.74) is -1.07. The Morgan fingerprint density at radius 1 is 1.55 bits per heavy atom. The third-order valence-corrected chi connectivity index (χ3v) is 4.77. The lowest BCUT2D eigenvalue weighted by atomic mass is 10.00. The van der Waals surface area contributed by atoms with E-state index in [1.165, 1.54) is 4.90 Å². The Bertz CT molecular complexity index is 489. The van der Waals surface area contributed by atoms with E-state index in [1.807, 2.05) is 24.4 Å². The lowest BCUT2D eigenvalue weighted by Crippen LogP contribution is -2.54. The van der Waals surface area contributed by atoms with Crippen molar-refractivity contribution in [2.45, 2.75) is 38.8 Å². The number of urea groups is 1. The maximum atomic E-state index is 12.6. The van der Waals surface area contributed by atoms with Gasteiger partial charge in [0.15, 0.2) is 0 Å². The third kappa shape index (κ3) is 2.65. The van der Waals surface area contributed by atoms with Crippen molar-refractivity contribution >= 4 is 23.3 Å². The van der Waals surface area contributed by atoms with Crippen molar-refractivity contribution in [3.63, 3.8) is 0 Å². The number of likely N-dealkylation sites (tertiary alicyclic amines) is 1. The van der Waals surface area contributed by atoms with E-state index in [4.69, 9.17) is 0 Å². The number of carbonyl (C=O) groups excluding carboxylic acids is 1. The summed E-state index contributed by atoms with van der Waals surface area (Å²) in [5, 5.41) is 11.4. The van der Waals surface area contributed by atoms with Gasteiger partial charge >= 0.3 is 12.0 Å². The third-order valence-electron chi connectivity index (χ3n) is 3.91. The van der Waals surface area contributed by atoms with Gasteiger partial charge in [-0.15, -0.1) is 11.3 Å². The second-order valence-corrected chi connectivity index (χ2v) is 6.24.